The standard InChI is InChI=1S/C14H21N2O2S/c1-15(2)14(16(3)4)19-12(13(17)18-5)11-9-7-6-8-10-11/h6-10,12H,1-5H3/q+1. The van der Waals surface area contributed by atoms with E-state index >= 15 is 0 Å². The third-order valence-corrected chi connectivity index (χ3v) is 4.15. The van der Waals surface area contributed by atoms with E-state index in [1.165, 1.54) is 18.9 Å². The lowest BCUT2D eigenvalue weighted by Crippen LogP contribution is -2.29. The Morgan fingerprint density at radius 2 is 1.84 bits per heavy atom. The van der Waals surface area contributed by atoms with Crippen LogP contribution in [0.5, 0.6) is 0 Å². The summed E-state index contributed by atoms with van der Waals surface area (Å²) in [5, 5.41) is 0.644. The molecule has 1 aromatic rings. The SMILES string of the molecule is COC(=O)C(SC(N(C)C)=[N+](C)C)c1ccccc1. The van der Waals surface area contributed by atoms with Crippen LogP contribution in [-0.2, 0) is 9.53 Å². The number of thioether (sulfide) groups is 1. The minimum Gasteiger partial charge on any atom is -0.468 e. The highest BCUT2D eigenvalue weighted by Crippen LogP contribution is 2.31. The third-order valence-electron chi connectivity index (χ3n) is 2.51. The molecule has 0 spiro atoms. The second-order valence-electron chi connectivity index (χ2n) is 4.50. The van der Waals surface area contributed by atoms with Crippen LogP contribution >= 0.6 is 11.8 Å². The fourth-order valence-corrected chi connectivity index (χ4v) is 2.82. The van der Waals surface area contributed by atoms with Gasteiger partial charge in [-0.15, -0.1) is 0 Å². The lowest BCUT2D eigenvalue weighted by molar-refractivity contribution is -0.466. The van der Waals surface area contributed by atoms with E-state index in [1.54, 1.807) is 0 Å². The van der Waals surface area contributed by atoms with Crippen LogP contribution in [0, 0.1) is 0 Å². The van der Waals surface area contributed by atoms with Gasteiger partial charge in [0.2, 0.25) is 0 Å². The molecule has 0 bridgehead atoms. The fourth-order valence-electron chi connectivity index (χ4n) is 1.70. The fraction of sp³-hybridized carbons (Fsp3) is 0.429. The molecule has 4 nitrogen and oxygen atoms in total. The van der Waals surface area contributed by atoms with E-state index in [1.807, 2.05) is 68.0 Å². The van der Waals surface area contributed by atoms with E-state index in [9.17, 15) is 4.79 Å². The van der Waals surface area contributed by atoms with Crippen LogP contribution < -0.4 is 0 Å². The van der Waals surface area contributed by atoms with Gasteiger partial charge in [-0.25, -0.2) is 0 Å². The number of hydrogen-bond donors (Lipinski definition) is 0. The molecule has 0 fully saturated rings. The number of hydrogen-bond acceptors (Lipinski definition) is 3. The Morgan fingerprint density at radius 3 is 2.26 bits per heavy atom. The normalized spacial score (nSPS) is 11.6. The third kappa shape index (κ3) is 4.28. The van der Waals surface area contributed by atoms with Crippen molar-refractivity contribution in [1.82, 2.24) is 4.90 Å². The van der Waals surface area contributed by atoms with Crippen LogP contribution in [-0.4, -0.2) is 55.9 Å². The second kappa shape index (κ2) is 7.19. The van der Waals surface area contributed by atoms with Gasteiger partial charge >= 0.3 is 11.1 Å². The average Bonchev–Trinajstić information content (AvgIpc) is 2.39. The van der Waals surface area contributed by atoms with E-state index in [4.69, 9.17) is 4.74 Å². The molecule has 0 saturated heterocycles. The van der Waals surface area contributed by atoms with E-state index in [-0.39, 0.29) is 11.2 Å². The van der Waals surface area contributed by atoms with E-state index in [2.05, 4.69) is 0 Å². The first-order valence-electron chi connectivity index (χ1n) is 5.98. The molecule has 0 aliphatic rings. The number of ether oxygens (including phenoxy) is 1. The van der Waals surface area contributed by atoms with Crippen molar-refractivity contribution >= 4 is 22.9 Å². The quantitative estimate of drug-likeness (QED) is 0.366. The highest BCUT2D eigenvalue weighted by Gasteiger charge is 2.28. The first-order chi connectivity index (χ1) is 8.97. The Kier molecular flexibility index (Phi) is 5.89. The number of carbonyl (C=O) groups excluding carboxylic acids is 1. The minimum atomic E-state index is -0.356. The predicted octanol–water partition coefficient (Wildman–Crippen LogP) is 1.82. The van der Waals surface area contributed by atoms with Crippen molar-refractivity contribution in [3.05, 3.63) is 35.9 Å². The Bertz CT molecular complexity index is 454. The van der Waals surface area contributed by atoms with Crippen LogP contribution in [0.25, 0.3) is 0 Å². The van der Waals surface area contributed by atoms with Crippen LogP contribution in [0.3, 0.4) is 0 Å². The van der Waals surface area contributed by atoms with Crippen molar-refractivity contribution in [3.8, 4) is 0 Å². The van der Waals surface area contributed by atoms with Gasteiger partial charge < -0.3 is 4.74 Å². The summed E-state index contributed by atoms with van der Waals surface area (Å²) in [5.41, 5.74) is 0.945. The topological polar surface area (TPSA) is 32.5 Å². The zero-order valence-corrected chi connectivity index (χ0v) is 12.9. The summed E-state index contributed by atoms with van der Waals surface area (Å²) in [4.78, 5) is 14.0. The summed E-state index contributed by atoms with van der Waals surface area (Å²) >= 11 is 1.49. The van der Waals surface area contributed by atoms with Gasteiger partial charge in [0.15, 0.2) is 0 Å². The molecule has 5 heteroatoms. The molecule has 0 heterocycles. The van der Waals surface area contributed by atoms with E-state index < -0.39 is 0 Å². The minimum absolute atomic E-state index is 0.239. The molecular formula is C14H21N2O2S+. The summed E-state index contributed by atoms with van der Waals surface area (Å²) in [5.74, 6) is -0.239. The van der Waals surface area contributed by atoms with E-state index in [0.29, 0.717) is 0 Å². The van der Waals surface area contributed by atoms with Crippen LogP contribution in [0.15, 0.2) is 30.3 Å². The first-order valence-corrected chi connectivity index (χ1v) is 6.86. The largest absolute Gasteiger partial charge is 0.468 e. The van der Waals surface area contributed by atoms with Crippen LogP contribution in [0.1, 0.15) is 10.8 Å². The summed E-state index contributed by atoms with van der Waals surface area (Å²) in [6, 6.07) is 9.67. The van der Waals surface area contributed by atoms with Gasteiger partial charge in [0.05, 0.1) is 35.3 Å². The Hall–Kier alpha value is -1.49. The maximum absolute atomic E-state index is 12.0. The van der Waals surface area contributed by atoms with Crippen molar-refractivity contribution in [2.24, 2.45) is 0 Å². The second-order valence-corrected chi connectivity index (χ2v) is 5.58. The molecule has 104 valence electrons. The average molecular weight is 281 g/mol. The van der Waals surface area contributed by atoms with Gasteiger partial charge in [-0.05, 0) is 17.3 Å². The molecule has 0 saturated carbocycles. The summed E-state index contributed by atoms with van der Waals surface area (Å²) in [7, 11) is 9.26. The van der Waals surface area contributed by atoms with Crippen molar-refractivity contribution in [3.63, 3.8) is 0 Å². The lowest BCUT2D eigenvalue weighted by atomic mass is 10.1. The number of amidine groups is 1. The molecule has 0 amide bonds. The molecule has 0 aliphatic heterocycles. The van der Waals surface area contributed by atoms with Gasteiger partial charge in [0.25, 0.3) is 0 Å². The number of esters is 1. The number of nitrogens with zero attached hydrogens (tertiary/aromatic N) is 2. The van der Waals surface area contributed by atoms with Crippen molar-refractivity contribution in [2.75, 3.05) is 35.3 Å². The maximum Gasteiger partial charge on any atom is 0.323 e. The highest BCUT2D eigenvalue weighted by molar-refractivity contribution is 8.14. The van der Waals surface area contributed by atoms with Crippen molar-refractivity contribution < 1.29 is 14.1 Å². The monoisotopic (exact) mass is 281 g/mol. The molecule has 19 heavy (non-hydrogen) atoms. The molecule has 1 atom stereocenters. The highest BCUT2D eigenvalue weighted by atomic mass is 32.2. The molecule has 0 N–H and O–H groups in total. The number of benzene rings is 1. The van der Waals surface area contributed by atoms with Gasteiger partial charge in [0, 0.05) is 0 Å². The maximum atomic E-state index is 12.0. The summed E-state index contributed by atoms with van der Waals surface area (Å²) in [6.45, 7) is 0. The van der Waals surface area contributed by atoms with Crippen LogP contribution in [0.2, 0.25) is 0 Å². The van der Waals surface area contributed by atoms with Crippen molar-refractivity contribution in [2.45, 2.75) is 5.25 Å². The molecule has 0 aliphatic carbocycles. The summed E-state index contributed by atoms with van der Waals surface area (Å²) < 4.78 is 6.91. The van der Waals surface area contributed by atoms with Gasteiger partial charge in [-0.3, -0.25) is 14.3 Å². The first kappa shape index (κ1) is 15.6. The lowest BCUT2D eigenvalue weighted by Gasteiger charge is -2.17. The summed E-state index contributed by atoms with van der Waals surface area (Å²) in [6.07, 6.45) is 0. The molecule has 1 unspecified atom stereocenters. The number of rotatable bonds is 3. The number of carbonyl (C=O) groups is 1. The van der Waals surface area contributed by atoms with Gasteiger partial charge in [-0.2, -0.15) is 0 Å². The van der Waals surface area contributed by atoms with Gasteiger partial charge in [0.1, 0.15) is 5.25 Å². The predicted molar refractivity (Wildman–Crippen MR) is 79.6 cm³/mol. The number of methoxy groups -OCH3 is 1. The van der Waals surface area contributed by atoms with E-state index in [0.717, 1.165) is 10.7 Å². The zero-order chi connectivity index (χ0) is 14.4. The molecular weight excluding hydrogens is 260 g/mol. The molecule has 1 rings (SSSR count). The molecule has 0 radical (unpaired) electrons. The van der Waals surface area contributed by atoms with Crippen LogP contribution in [0.4, 0.5) is 0 Å². The smallest absolute Gasteiger partial charge is 0.323 e. The molecule has 1 aromatic carbocycles. The zero-order valence-electron chi connectivity index (χ0n) is 12.1. The Morgan fingerprint density at radius 1 is 1.26 bits per heavy atom. The van der Waals surface area contributed by atoms with Gasteiger partial charge in [-0.1, -0.05) is 30.3 Å². The Labute approximate surface area is 119 Å². The van der Waals surface area contributed by atoms with Crippen molar-refractivity contribution in [1.29, 1.82) is 0 Å². The Balaban J connectivity index is 3.07. The molecule has 0 aromatic heterocycles.